The first-order valence-corrected chi connectivity index (χ1v) is 24.2. The molecule has 338 valence electrons. The Morgan fingerprint density at radius 3 is 2.52 bits per heavy atom. The molecular weight excluding hydrogens is 833 g/mol. The minimum atomic E-state index is -4.59. The van der Waals surface area contributed by atoms with Crippen molar-refractivity contribution >= 4 is 44.2 Å². The number of sulfonamides is 1. The van der Waals surface area contributed by atoms with Gasteiger partial charge in [0.05, 0.1) is 21.6 Å². The van der Waals surface area contributed by atoms with Crippen LogP contribution in [0, 0.1) is 21.4 Å². The van der Waals surface area contributed by atoms with Crippen molar-refractivity contribution in [1.82, 2.24) is 24.6 Å². The summed E-state index contributed by atoms with van der Waals surface area (Å²) in [4.78, 5) is 42.1. The topological polar surface area (TPSA) is 196 Å². The predicted molar refractivity (Wildman–Crippen MR) is 245 cm³/mol. The summed E-state index contributed by atoms with van der Waals surface area (Å²) in [6.45, 7) is 9.51. The molecule has 0 unspecified atom stereocenters. The van der Waals surface area contributed by atoms with Crippen LogP contribution in [0.5, 0.6) is 11.5 Å². The third-order valence-electron chi connectivity index (χ3n) is 14.4. The van der Waals surface area contributed by atoms with Crippen molar-refractivity contribution in [3.05, 3.63) is 106 Å². The number of anilines is 2. The molecule has 2 saturated heterocycles. The number of nitro benzene ring substituents is 1. The second-order valence-corrected chi connectivity index (χ2v) is 20.8. The molecule has 1 spiro atoms. The van der Waals surface area contributed by atoms with E-state index >= 15 is 0 Å². The summed E-state index contributed by atoms with van der Waals surface area (Å²) in [5, 5.41) is 26.3. The molecule has 2 aliphatic carbocycles. The lowest BCUT2D eigenvalue weighted by Crippen LogP contribution is -2.55. The van der Waals surface area contributed by atoms with Crippen LogP contribution >= 0.6 is 0 Å². The molecule has 2 aliphatic heterocycles. The average Bonchev–Trinajstić information content (AvgIpc) is 3.95. The molecule has 5 heterocycles. The van der Waals surface area contributed by atoms with Gasteiger partial charge in [-0.15, -0.1) is 0 Å². The van der Waals surface area contributed by atoms with Crippen LogP contribution in [0.25, 0.3) is 11.0 Å². The smallest absolute Gasteiger partial charge is 0.293 e. The van der Waals surface area contributed by atoms with Gasteiger partial charge in [-0.1, -0.05) is 38.1 Å². The Kier molecular flexibility index (Phi) is 11.9. The minimum Gasteiger partial charge on any atom is -0.455 e. The maximum Gasteiger partial charge on any atom is 0.293 e. The van der Waals surface area contributed by atoms with Gasteiger partial charge in [-0.2, -0.15) is 0 Å². The SMILES string of the molecule is CC(C)c1ccccc1[C@@H]1CCCN1C1CC2(CCN(c3cc(Oc4cnc5[nH]ccc5c4)c(C(=O)NS(=O)(=O)c4ccc(NCC5CCC(C)(O)CC5)c([N+](=O)[O-])c4)cn3)CC2)C1. The quantitative estimate of drug-likeness (QED) is 0.0649. The molecular formula is C48H58N8O7S. The summed E-state index contributed by atoms with van der Waals surface area (Å²) in [5.41, 5.74) is 2.77. The third kappa shape index (κ3) is 9.04. The van der Waals surface area contributed by atoms with Gasteiger partial charge in [-0.3, -0.25) is 19.8 Å². The van der Waals surface area contributed by atoms with E-state index in [0.29, 0.717) is 54.6 Å². The first-order valence-electron chi connectivity index (χ1n) is 22.7. The van der Waals surface area contributed by atoms with E-state index in [9.17, 15) is 28.4 Å². The van der Waals surface area contributed by atoms with Crippen molar-refractivity contribution in [1.29, 1.82) is 0 Å². The largest absolute Gasteiger partial charge is 0.455 e. The lowest BCUT2D eigenvalue weighted by Gasteiger charge is -2.56. The van der Waals surface area contributed by atoms with Gasteiger partial charge in [0, 0.05) is 61.6 Å². The molecule has 0 bridgehead atoms. The molecule has 1 atom stereocenters. The van der Waals surface area contributed by atoms with Gasteiger partial charge >= 0.3 is 0 Å². The van der Waals surface area contributed by atoms with Gasteiger partial charge in [-0.05, 0) is 130 Å². The van der Waals surface area contributed by atoms with Crippen LogP contribution in [0.15, 0.2) is 84.1 Å². The number of amides is 1. The van der Waals surface area contributed by atoms with Crippen molar-refractivity contribution in [2.24, 2.45) is 11.3 Å². The van der Waals surface area contributed by atoms with E-state index in [1.807, 2.05) is 13.0 Å². The van der Waals surface area contributed by atoms with Crippen molar-refractivity contribution in [3.63, 3.8) is 0 Å². The summed E-state index contributed by atoms with van der Waals surface area (Å²) in [6.07, 6.45) is 14.2. The number of aromatic nitrogens is 3. The van der Waals surface area contributed by atoms with Gasteiger partial charge in [0.25, 0.3) is 21.6 Å². The van der Waals surface area contributed by atoms with Gasteiger partial charge in [0.15, 0.2) is 0 Å². The number of likely N-dealkylation sites (tertiary alicyclic amines) is 1. The zero-order valence-corrected chi connectivity index (χ0v) is 37.6. The molecule has 64 heavy (non-hydrogen) atoms. The summed E-state index contributed by atoms with van der Waals surface area (Å²) < 4.78 is 35.8. The fraction of sp³-hybridized carbons (Fsp3) is 0.479. The van der Waals surface area contributed by atoms with E-state index in [4.69, 9.17) is 4.74 Å². The summed E-state index contributed by atoms with van der Waals surface area (Å²) in [6, 6.07) is 18.8. The Morgan fingerprint density at radius 1 is 1.00 bits per heavy atom. The third-order valence-corrected chi connectivity index (χ3v) is 15.7. The highest BCUT2D eigenvalue weighted by molar-refractivity contribution is 7.90. The average molecular weight is 891 g/mol. The molecule has 3 aromatic heterocycles. The molecule has 1 amide bonds. The van der Waals surface area contributed by atoms with Crippen molar-refractivity contribution in [3.8, 4) is 11.5 Å². The lowest BCUT2D eigenvalue weighted by atomic mass is 9.60. The number of hydrogen-bond donors (Lipinski definition) is 4. The van der Waals surface area contributed by atoms with Crippen molar-refractivity contribution < 1.29 is 28.0 Å². The van der Waals surface area contributed by atoms with E-state index in [1.165, 1.54) is 61.3 Å². The lowest BCUT2D eigenvalue weighted by molar-refractivity contribution is -0.384. The van der Waals surface area contributed by atoms with E-state index < -0.39 is 37.0 Å². The normalized spacial score (nSPS) is 22.7. The molecule has 4 N–H and O–H groups in total. The number of carbonyl (C=O) groups is 1. The number of benzene rings is 2. The first-order chi connectivity index (χ1) is 30.7. The summed E-state index contributed by atoms with van der Waals surface area (Å²) in [7, 11) is -4.59. The molecule has 16 heteroatoms. The number of nitro groups is 1. The second kappa shape index (κ2) is 17.4. The van der Waals surface area contributed by atoms with Gasteiger partial charge in [0.2, 0.25) is 0 Å². The number of hydrogen-bond acceptors (Lipinski definition) is 12. The number of fused-ring (bicyclic) bond motifs is 1. The maximum atomic E-state index is 13.9. The van der Waals surface area contributed by atoms with Crippen LogP contribution in [0.4, 0.5) is 17.2 Å². The van der Waals surface area contributed by atoms with Crippen molar-refractivity contribution in [2.75, 3.05) is 36.4 Å². The van der Waals surface area contributed by atoms with E-state index in [1.54, 1.807) is 18.3 Å². The van der Waals surface area contributed by atoms with Crippen LogP contribution in [-0.2, 0) is 10.0 Å². The molecule has 4 aliphatic rings. The van der Waals surface area contributed by atoms with E-state index in [-0.39, 0.29) is 28.3 Å². The van der Waals surface area contributed by atoms with Gasteiger partial charge < -0.3 is 25.0 Å². The van der Waals surface area contributed by atoms with E-state index in [0.717, 1.165) is 56.8 Å². The first kappa shape index (κ1) is 43.7. The number of nitrogens with one attached hydrogen (secondary N) is 3. The number of pyridine rings is 2. The van der Waals surface area contributed by atoms with Crippen LogP contribution in [0.1, 0.15) is 118 Å². The number of piperidine rings is 1. The van der Waals surface area contributed by atoms with E-state index in [2.05, 4.69) is 72.9 Å². The number of aliphatic hydroxyl groups is 1. The number of ether oxygens (including phenoxy) is 1. The Hall–Kier alpha value is -5.58. The highest BCUT2D eigenvalue weighted by atomic mass is 32.2. The molecule has 9 rings (SSSR count). The van der Waals surface area contributed by atoms with Crippen LogP contribution in [-0.4, -0.2) is 82.0 Å². The molecule has 2 aromatic carbocycles. The second-order valence-electron chi connectivity index (χ2n) is 19.1. The fourth-order valence-electron chi connectivity index (χ4n) is 10.6. The Morgan fingerprint density at radius 2 is 1.77 bits per heavy atom. The number of nitrogens with zero attached hydrogens (tertiary/aromatic N) is 5. The standard InChI is InChI=1S/C48H58N8O7S/c1-31(2)37-7-4-5-8-38(37)41-9-6-20-55(41)34-26-48(27-34)17-21-54(22-18-48)44-25-43(63-35-23-33-14-19-49-45(33)52-29-35)39(30-51-44)46(57)53-64(61,62)36-10-11-40(42(24-36)56(59)60)50-28-32-12-15-47(3,58)16-13-32/h4-5,7-8,10-11,14,19,23-25,29-32,34,41,50,58H,6,9,12-13,15-18,20-22,26-28H2,1-3H3,(H,49,52)(H,53,57)/t32?,41-,47?/m0/s1. The Balaban J connectivity index is 0.895. The van der Waals surface area contributed by atoms with Crippen LogP contribution < -0.4 is 19.7 Å². The fourth-order valence-corrected chi connectivity index (χ4v) is 11.6. The molecule has 0 radical (unpaired) electrons. The molecule has 4 fully saturated rings. The Bertz CT molecular complexity index is 2640. The zero-order valence-electron chi connectivity index (χ0n) is 36.8. The molecule has 2 saturated carbocycles. The number of aromatic amines is 1. The number of H-pyrrole nitrogens is 1. The van der Waals surface area contributed by atoms with Crippen molar-refractivity contribution in [2.45, 2.75) is 113 Å². The van der Waals surface area contributed by atoms with Gasteiger partial charge in [-0.25, -0.2) is 23.1 Å². The molecule has 5 aromatic rings. The monoisotopic (exact) mass is 890 g/mol. The van der Waals surface area contributed by atoms with Crippen LogP contribution in [0.3, 0.4) is 0 Å². The highest BCUT2D eigenvalue weighted by Gasteiger charge is 2.50. The highest BCUT2D eigenvalue weighted by Crippen LogP contribution is 2.54. The number of carbonyl (C=O) groups excluding carboxylic acids is 1. The summed E-state index contributed by atoms with van der Waals surface area (Å²) in [5.74, 6) is 0.730. The predicted octanol–water partition coefficient (Wildman–Crippen LogP) is 8.84. The number of rotatable bonds is 13. The van der Waals surface area contributed by atoms with Gasteiger partial charge in [0.1, 0.15) is 34.2 Å². The summed E-state index contributed by atoms with van der Waals surface area (Å²) >= 11 is 0. The molecule has 15 nitrogen and oxygen atoms in total. The minimum absolute atomic E-state index is 0.0925. The Labute approximate surface area is 374 Å². The zero-order chi connectivity index (χ0) is 44.8. The maximum absolute atomic E-state index is 13.9. The van der Waals surface area contributed by atoms with Crippen LogP contribution in [0.2, 0.25) is 0 Å².